The van der Waals surface area contributed by atoms with Gasteiger partial charge in [0.1, 0.15) is 11.3 Å². The Labute approximate surface area is 163 Å². The number of pyridine rings is 1. The second-order valence-electron chi connectivity index (χ2n) is 8.03. The molecule has 6 heteroatoms. The monoisotopic (exact) mass is 372 g/mol. The smallest absolute Gasteiger partial charge is 0.151 e. The number of rotatable bonds is 9. The Balaban J connectivity index is 1.54. The second kappa shape index (κ2) is 9.51. The van der Waals surface area contributed by atoms with Crippen molar-refractivity contribution in [3.63, 3.8) is 0 Å². The highest BCUT2D eigenvalue weighted by Crippen LogP contribution is 2.22. The quantitative estimate of drug-likeness (QED) is 0.685. The number of nitrogens with two attached hydrogens (primary N) is 1. The van der Waals surface area contributed by atoms with Crippen LogP contribution in [0.3, 0.4) is 0 Å². The molecule has 0 bridgehead atoms. The summed E-state index contributed by atoms with van der Waals surface area (Å²) in [5.74, 6) is 1.71. The number of hydrogen-bond acceptors (Lipinski definition) is 5. The number of unbranched alkanes of at least 4 members (excludes halogenated alkanes) is 2. The predicted molar refractivity (Wildman–Crippen MR) is 113 cm³/mol. The van der Waals surface area contributed by atoms with Gasteiger partial charge in [0.05, 0.1) is 5.52 Å². The molecule has 0 aliphatic carbocycles. The highest BCUT2D eigenvalue weighted by atomic mass is 15.3. The Morgan fingerprint density at radius 2 is 1.81 bits per heavy atom. The van der Waals surface area contributed by atoms with Gasteiger partial charge < -0.3 is 15.2 Å². The summed E-state index contributed by atoms with van der Waals surface area (Å²) in [5.41, 5.74) is 8.06. The molecule has 1 aliphatic rings. The van der Waals surface area contributed by atoms with Crippen LogP contribution < -0.4 is 5.73 Å². The molecule has 3 rings (SSSR count). The predicted octanol–water partition coefficient (Wildman–Crippen LogP) is 3.16. The molecular formula is C21H36N6. The number of anilines is 1. The SMILES string of the molecule is CCCCc1nc2c(N)nccc2n1CCCCN1CCN(C(C)C)CC1. The number of aryl methyl sites for hydroxylation is 2. The van der Waals surface area contributed by atoms with E-state index in [-0.39, 0.29) is 0 Å². The first-order chi connectivity index (χ1) is 13.1. The fourth-order valence-corrected chi connectivity index (χ4v) is 4.00. The Bertz CT molecular complexity index is 715. The van der Waals surface area contributed by atoms with Gasteiger partial charge in [0, 0.05) is 51.4 Å². The van der Waals surface area contributed by atoms with E-state index in [2.05, 4.69) is 46.2 Å². The van der Waals surface area contributed by atoms with Crippen molar-refractivity contribution >= 4 is 16.9 Å². The average Bonchev–Trinajstić information content (AvgIpc) is 3.03. The fourth-order valence-electron chi connectivity index (χ4n) is 4.00. The second-order valence-corrected chi connectivity index (χ2v) is 8.03. The van der Waals surface area contributed by atoms with E-state index < -0.39 is 0 Å². The Kier molecular flexibility index (Phi) is 7.07. The highest BCUT2D eigenvalue weighted by molar-refractivity contribution is 5.85. The molecule has 0 unspecified atom stereocenters. The molecule has 150 valence electrons. The Morgan fingerprint density at radius 1 is 1.07 bits per heavy atom. The maximum atomic E-state index is 6.05. The number of piperazine rings is 1. The molecule has 1 aliphatic heterocycles. The van der Waals surface area contributed by atoms with Crippen LogP contribution in [0.25, 0.3) is 11.0 Å². The van der Waals surface area contributed by atoms with Crippen LogP contribution in [0, 0.1) is 0 Å². The minimum absolute atomic E-state index is 0.548. The van der Waals surface area contributed by atoms with Gasteiger partial charge in [-0.25, -0.2) is 9.97 Å². The van der Waals surface area contributed by atoms with Gasteiger partial charge in [-0.15, -0.1) is 0 Å². The van der Waals surface area contributed by atoms with E-state index in [9.17, 15) is 0 Å². The lowest BCUT2D eigenvalue weighted by molar-refractivity contribution is 0.107. The van der Waals surface area contributed by atoms with Gasteiger partial charge in [0.2, 0.25) is 0 Å². The van der Waals surface area contributed by atoms with Gasteiger partial charge in [0.15, 0.2) is 5.82 Å². The van der Waals surface area contributed by atoms with Crippen molar-refractivity contribution in [3.05, 3.63) is 18.1 Å². The Hall–Kier alpha value is -1.66. The lowest BCUT2D eigenvalue weighted by Crippen LogP contribution is -2.48. The zero-order valence-electron chi connectivity index (χ0n) is 17.3. The molecule has 0 spiro atoms. The molecule has 2 N–H and O–H groups in total. The minimum Gasteiger partial charge on any atom is -0.382 e. The van der Waals surface area contributed by atoms with Crippen LogP contribution in [0.5, 0.6) is 0 Å². The van der Waals surface area contributed by atoms with Crippen molar-refractivity contribution < 1.29 is 0 Å². The largest absolute Gasteiger partial charge is 0.382 e. The van der Waals surface area contributed by atoms with E-state index in [0.29, 0.717) is 11.9 Å². The number of hydrogen-bond donors (Lipinski definition) is 1. The van der Waals surface area contributed by atoms with Crippen LogP contribution in [0.15, 0.2) is 12.3 Å². The molecule has 2 aromatic rings. The van der Waals surface area contributed by atoms with Gasteiger partial charge >= 0.3 is 0 Å². The summed E-state index contributed by atoms with van der Waals surface area (Å²) in [7, 11) is 0. The molecule has 1 fully saturated rings. The third-order valence-electron chi connectivity index (χ3n) is 5.77. The van der Waals surface area contributed by atoms with Crippen LogP contribution in [0.4, 0.5) is 5.82 Å². The first-order valence-corrected chi connectivity index (χ1v) is 10.7. The lowest BCUT2D eigenvalue weighted by atomic mass is 10.2. The van der Waals surface area contributed by atoms with Crippen LogP contribution in [0.2, 0.25) is 0 Å². The van der Waals surface area contributed by atoms with E-state index >= 15 is 0 Å². The number of nitrogen functional groups attached to an aromatic ring is 1. The molecule has 1 saturated heterocycles. The number of fused-ring (bicyclic) bond motifs is 1. The van der Waals surface area contributed by atoms with E-state index in [1.165, 1.54) is 52.0 Å². The lowest BCUT2D eigenvalue weighted by Gasteiger charge is -2.36. The third kappa shape index (κ3) is 4.99. The molecule has 0 aromatic carbocycles. The molecule has 2 aromatic heterocycles. The summed E-state index contributed by atoms with van der Waals surface area (Å²) < 4.78 is 2.37. The zero-order valence-corrected chi connectivity index (χ0v) is 17.3. The summed E-state index contributed by atoms with van der Waals surface area (Å²) in [6.45, 7) is 13.9. The summed E-state index contributed by atoms with van der Waals surface area (Å²) in [5, 5.41) is 0. The summed E-state index contributed by atoms with van der Waals surface area (Å²) in [4.78, 5) is 14.2. The molecule has 0 radical (unpaired) electrons. The number of imidazole rings is 1. The van der Waals surface area contributed by atoms with E-state index in [0.717, 1.165) is 36.2 Å². The standard InChI is InChI=1S/C21H36N6/c1-4-5-8-19-24-20-18(9-10-23-21(20)22)27(19)12-7-6-11-25-13-15-26(16-14-25)17(2)3/h9-10,17H,4-8,11-16H2,1-3H3,(H2,22,23). The molecule has 0 amide bonds. The van der Waals surface area contributed by atoms with Gasteiger partial charge in [-0.1, -0.05) is 13.3 Å². The average molecular weight is 373 g/mol. The third-order valence-corrected chi connectivity index (χ3v) is 5.77. The minimum atomic E-state index is 0.548. The molecule has 27 heavy (non-hydrogen) atoms. The van der Waals surface area contributed by atoms with Crippen LogP contribution in [0.1, 0.15) is 52.3 Å². The molecule has 0 saturated carbocycles. The number of nitrogens with zero attached hydrogens (tertiary/aromatic N) is 5. The van der Waals surface area contributed by atoms with E-state index in [1.807, 2.05) is 0 Å². The molecule has 6 nitrogen and oxygen atoms in total. The fraction of sp³-hybridized carbons (Fsp3) is 0.714. The van der Waals surface area contributed by atoms with Gasteiger partial charge in [-0.05, 0) is 45.7 Å². The maximum Gasteiger partial charge on any atom is 0.151 e. The topological polar surface area (TPSA) is 63.2 Å². The summed E-state index contributed by atoms with van der Waals surface area (Å²) in [6, 6.07) is 2.73. The number of aromatic nitrogens is 3. The maximum absolute atomic E-state index is 6.05. The van der Waals surface area contributed by atoms with Crippen LogP contribution in [-0.4, -0.2) is 63.1 Å². The normalized spacial score (nSPS) is 16.6. The summed E-state index contributed by atoms with van der Waals surface area (Å²) in [6.07, 6.45) is 7.57. The van der Waals surface area contributed by atoms with Crippen LogP contribution in [-0.2, 0) is 13.0 Å². The zero-order chi connectivity index (χ0) is 19.2. The van der Waals surface area contributed by atoms with Gasteiger partial charge in [-0.3, -0.25) is 4.90 Å². The van der Waals surface area contributed by atoms with Gasteiger partial charge in [0.25, 0.3) is 0 Å². The molecular weight excluding hydrogens is 336 g/mol. The first kappa shape index (κ1) is 20.1. The van der Waals surface area contributed by atoms with Gasteiger partial charge in [-0.2, -0.15) is 0 Å². The van der Waals surface area contributed by atoms with Crippen molar-refractivity contribution in [2.75, 3.05) is 38.5 Å². The molecule has 3 heterocycles. The Morgan fingerprint density at radius 3 is 2.52 bits per heavy atom. The van der Waals surface area contributed by atoms with E-state index in [4.69, 9.17) is 10.7 Å². The van der Waals surface area contributed by atoms with Crippen molar-refractivity contribution in [1.82, 2.24) is 24.3 Å². The van der Waals surface area contributed by atoms with E-state index in [1.54, 1.807) is 6.20 Å². The molecule has 0 atom stereocenters. The van der Waals surface area contributed by atoms with Crippen molar-refractivity contribution in [3.8, 4) is 0 Å². The van der Waals surface area contributed by atoms with Crippen molar-refractivity contribution in [1.29, 1.82) is 0 Å². The summed E-state index contributed by atoms with van der Waals surface area (Å²) >= 11 is 0. The van der Waals surface area contributed by atoms with Crippen LogP contribution >= 0.6 is 0 Å². The highest BCUT2D eigenvalue weighted by Gasteiger charge is 2.18. The van der Waals surface area contributed by atoms with Crippen molar-refractivity contribution in [2.45, 2.75) is 65.5 Å². The van der Waals surface area contributed by atoms with Crippen molar-refractivity contribution in [2.24, 2.45) is 0 Å². The first-order valence-electron chi connectivity index (χ1n) is 10.7.